The number of benzene rings is 1. The lowest BCUT2D eigenvalue weighted by molar-refractivity contribution is -0.123. The summed E-state index contributed by atoms with van der Waals surface area (Å²) in [6, 6.07) is 8.58. The summed E-state index contributed by atoms with van der Waals surface area (Å²) in [7, 11) is 0. The number of nitrogens with one attached hydrogen (secondary N) is 1. The highest BCUT2D eigenvalue weighted by molar-refractivity contribution is 6.30. The standard InChI is InChI=1S/C20H28ClN3O2.2CH2O2/c21-16-6-4-15(5-7-16)19-12-24-11-17(10-18(24)14-26-19)22-20(25)13-23-8-2-1-3-9-23;2*2-1-3/h4-7,17-19H,1-3,8-14H2,(H,22,25);2*1H,(H,2,3)/t17-,18+,19-;;/m1../s1. The molecule has 0 saturated carbocycles. The van der Waals surface area contributed by atoms with Gasteiger partial charge in [-0.3, -0.25) is 24.2 Å². The minimum absolute atomic E-state index is 0.0892. The highest BCUT2D eigenvalue weighted by Gasteiger charge is 2.38. The monoisotopic (exact) mass is 469 g/mol. The molecule has 1 aromatic rings. The number of likely N-dealkylation sites (tertiary alicyclic amines) is 1. The molecule has 3 saturated heterocycles. The lowest BCUT2D eigenvalue weighted by Crippen LogP contribution is -2.45. The predicted molar refractivity (Wildman–Crippen MR) is 120 cm³/mol. The van der Waals surface area contributed by atoms with Crippen LogP contribution in [0.2, 0.25) is 5.02 Å². The van der Waals surface area contributed by atoms with Crippen molar-refractivity contribution in [3.05, 3.63) is 34.9 Å². The molecule has 3 atom stereocenters. The van der Waals surface area contributed by atoms with E-state index in [9.17, 15) is 4.79 Å². The van der Waals surface area contributed by atoms with E-state index in [2.05, 4.69) is 15.1 Å². The van der Waals surface area contributed by atoms with E-state index in [1.165, 1.54) is 24.8 Å². The van der Waals surface area contributed by atoms with E-state index in [0.29, 0.717) is 12.6 Å². The van der Waals surface area contributed by atoms with Crippen molar-refractivity contribution in [3.8, 4) is 0 Å². The lowest BCUT2D eigenvalue weighted by atomic mass is 10.1. The Morgan fingerprint density at radius 3 is 2.34 bits per heavy atom. The summed E-state index contributed by atoms with van der Waals surface area (Å²) in [4.78, 5) is 33.8. The first-order chi connectivity index (χ1) is 15.5. The Bertz CT molecular complexity index is 708. The van der Waals surface area contributed by atoms with Gasteiger partial charge in [0.2, 0.25) is 5.91 Å². The quantitative estimate of drug-likeness (QED) is 0.571. The zero-order chi connectivity index (χ0) is 23.3. The molecule has 178 valence electrons. The number of hydrogen-bond acceptors (Lipinski definition) is 6. The van der Waals surface area contributed by atoms with Gasteiger partial charge < -0.3 is 20.3 Å². The van der Waals surface area contributed by atoms with Crippen molar-refractivity contribution in [1.82, 2.24) is 15.1 Å². The molecule has 4 rings (SSSR count). The number of piperidine rings is 1. The third kappa shape index (κ3) is 8.38. The minimum atomic E-state index is -0.250. The van der Waals surface area contributed by atoms with Crippen LogP contribution < -0.4 is 5.32 Å². The van der Waals surface area contributed by atoms with Crippen molar-refractivity contribution in [2.45, 2.75) is 43.9 Å². The Kier molecular flexibility index (Phi) is 11.4. The molecule has 3 N–H and O–H groups in total. The number of carbonyl (C=O) groups is 3. The van der Waals surface area contributed by atoms with E-state index in [1.807, 2.05) is 24.3 Å². The van der Waals surface area contributed by atoms with E-state index in [1.54, 1.807) is 0 Å². The molecule has 3 heterocycles. The number of halogens is 1. The van der Waals surface area contributed by atoms with Gasteiger partial charge in [-0.1, -0.05) is 30.2 Å². The number of fused-ring (bicyclic) bond motifs is 1. The van der Waals surface area contributed by atoms with Gasteiger partial charge in [0.25, 0.3) is 12.9 Å². The highest BCUT2D eigenvalue weighted by atomic mass is 35.5. The summed E-state index contributed by atoms with van der Waals surface area (Å²) in [5, 5.41) is 17.8. The van der Waals surface area contributed by atoms with Crippen LogP contribution >= 0.6 is 11.6 Å². The number of carboxylic acid groups (broad SMARTS) is 2. The van der Waals surface area contributed by atoms with Gasteiger partial charge in [0.05, 0.1) is 19.3 Å². The molecular formula is C22H32ClN3O6. The molecule has 1 aromatic carbocycles. The number of hydrogen-bond donors (Lipinski definition) is 3. The number of morpholine rings is 1. The van der Waals surface area contributed by atoms with Gasteiger partial charge in [-0.2, -0.15) is 0 Å². The molecule has 32 heavy (non-hydrogen) atoms. The van der Waals surface area contributed by atoms with Crippen LogP contribution in [0, 0.1) is 0 Å². The fraction of sp³-hybridized carbons (Fsp3) is 0.591. The maximum Gasteiger partial charge on any atom is 0.290 e. The minimum Gasteiger partial charge on any atom is -0.483 e. The van der Waals surface area contributed by atoms with Crippen LogP contribution in [0.1, 0.15) is 37.4 Å². The molecule has 0 aliphatic carbocycles. The van der Waals surface area contributed by atoms with Crippen LogP contribution in [0.5, 0.6) is 0 Å². The second-order valence-corrected chi connectivity index (χ2v) is 8.47. The first-order valence-corrected chi connectivity index (χ1v) is 11.2. The van der Waals surface area contributed by atoms with Gasteiger partial charge in [0.15, 0.2) is 0 Å². The Labute approximate surface area is 193 Å². The van der Waals surface area contributed by atoms with E-state index in [0.717, 1.165) is 44.2 Å². The average Bonchev–Trinajstić information content (AvgIpc) is 3.17. The van der Waals surface area contributed by atoms with Crippen LogP contribution in [0.15, 0.2) is 24.3 Å². The zero-order valence-corrected chi connectivity index (χ0v) is 18.8. The lowest BCUT2D eigenvalue weighted by Gasteiger charge is -2.35. The smallest absolute Gasteiger partial charge is 0.290 e. The molecule has 3 aliphatic heterocycles. The topological polar surface area (TPSA) is 119 Å². The van der Waals surface area contributed by atoms with Crippen LogP contribution in [0.4, 0.5) is 0 Å². The van der Waals surface area contributed by atoms with E-state index < -0.39 is 0 Å². The summed E-state index contributed by atoms with van der Waals surface area (Å²) >= 11 is 5.98. The number of rotatable bonds is 4. The third-order valence-electron chi connectivity index (χ3n) is 5.84. The van der Waals surface area contributed by atoms with E-state index in [-0.39, 0.29) is 31.0 Å². The Hall–Kier alpha value is -2.20. The zero-order valence-electron chi connectivity index (χ0n) is 18.1. The summed E-state index contributed by atoms with van der Waals surface area (Å²) in [5.74, 6) is 0.173. The van der Waals surface area contributed by atoms with Crippen LogP contribution in [0.3, 0.4) is 0 Å². The second kappa shape index (κ2) is 14.1. The summed E-state index contributed by atoms with van der Waals surface area (Å²) in [5.41, 5.74) is 1.17. The first-order valence-electron chi connectivity index (χ1n) is 10.8. The molecule has 1 amide bonds. The SMILES string of the molecule is O=C(CN1CCCCC1)N[C@@H]1C[C@H]2CO[C@@H](c3ccc(Cl)cc3)CN2C1.O=CO.O=CO. The maximum atomic E-state index is 12.4. The molecule has 0 bridgehead atoms. The van der Waals surface area contributed by atoms with Gasteiger partial charge in [-0.05, 0) is 50.0 Å². The van der Waals surface area contributed by atoms with Crippen molar-refractivity contribution >= 4 is 30.5 Å². The molecule has 0 unspecified atom stereocenters. The van der Waals surface area contributed by atoms with Crippen molar-refractivity contribution in [2.75, 3.05) is 39.3 Å². The summed E-state index contributed by atoms with van der Waals surface area (Å²) in [6.07, 6.45) is 4.81. The van der Waals surface area contributed by atoms with Gasteiger partial charge in [-0.25, -0.2) is 0 Å². The number of ether oxygens (including phenoxy) is 1. The van der Waals surface area contributed by atoms with Crippen LogP contribution in [0.25, 0.3) is 0 Å². The molecule has 0 aromatic heterocycles. The largest absolute Gasteiger partial charge is 0.483 e. The average molecular weight is 470 g/mol. The Morgan fingerprint density at radius 2 is 1.72 bits per heavy atom. The molecule has 3 aliphatic rings. The van der Waals surface area contributed by atoms with E-state index in [4.69, 9.17) is 36.1 Å². The van der Waals surface area contributed by atoms with Gasteiger partial charge in [0, 0.05) is 30.2 Å². The van der Waals surface area contributed by atoms with Gasteiger partial charge in [0.1, 0.15) is 0 Å². The Balaban J connectivity index is 0.000000547. The second-order valence-electron chi connectivity index (χ2n) is 8.03. The van der Waals surface area contributed by atoms with Crippen molar-refractivity contribution in [2.24, 2.45) is 0 Å². The van der Waals surface area contributed by atoms with Crippen LogP contribution in [-0.4, -0.2) is 90.3 Å². The normalized spacial score (nSPS) is 25.2. The summed E-state index contributed by atoms with van der Waals surface area (Å²) in [6.45, 7) is 4.69. The number of nitrogens with zero attached hydrogens (tertiary/aromatic N) is 2. The molecule has 0 spiro atoms. The van der Waals surface area contributed by atoms with Crippen molar-refractivity contribution in [1.29, 1.82) is 0 Å². The molecule has 0 radical (unpaired) electrons. The summed E-state index contributed by atoms with van der Waals surface area (Å²) < 4.78 is 6.09. The van der Waals surface area contributed by atoms with E-state index >= 15 is 0 Å². The first kappa shape index (κ1) is 26.1. The van der Waals surface area contributed by atoms with Gasteiger partial charge >= 0.3 is 0 Å². The highest BCUT2D eigenvalue weighted by Crippen LogP contribution is 2.30. The molecule has 10 heteroatoms. The third-order valence-corrected chi connectivity index (χ3v) is 6.09. The Morgan fingerprint density at radius 1 is 1.09 bits per heavy atom. The van der Waals surface area contributed by atoms with Gasteiger partial charge in [-0.15, -0.1) is 0 Å². The number of carbonyl (C=O) groups excluding carboxylic acids is 1. The molecular weight excluding hydrogens is 438 g/mol. The molecule has 3 fully saturated rings. The maximum absolute atomic E-state index is 12.4. The van der Waals surface area contributed by atoms with Crippen molar-refractivity contribution in [3.63, 3.8) is 0 Å². The van der Waals surface area contributed by atoms with Crippen LogP contribution in [-0.2, 0) is 19.1 Å². The van der Waals surface area contributed by atoms with Crippen molar-refractivity contribution < 1.29 is 29.3 Å². The predicted octanol–water partition coefficient (Wildman–Crippen LogP) is 1.86. The fourth-order valence-electron chi connectivity index (χ4n) is 4.45. The molecule has 9 nitrogen and oxygen atoms in total. The fourth-order valence-corrected chi connectivity index (χ4v) is 4.58. The number of amides is 1.